The molecule has 3 rings (SSSR count). The molecule has 19 heavy (non-hydrogen) atoms. The molecule has 2 aromatic rings. The van der Waals surface area contributed by atoms with Gasteiger partial charge in [-0.3, -0.25) is 14.5 Å². The van der Waals surface area contributed by atoms with Gasteiger partial charge in [-0.25, -0.2) is 0 Å². The van der Waals surface area contributed by atoms with Crippen molar-refractivity contribution in [3.05, 3.63) is 59.1 Å². The van der Waals surface area contributed by atoms with Crippen LogP contribution in [0.15, 0.2) is 43.0 Å². The first kappa shape index (κ1) is 11.9. The summed E-state index contributed by atoms with van der Waals surface area (Å²) < 4.78 is 0. The van der Waals surface area contributed by atoms with Crippen molar-refractivity contribution in [2.75, 3.05) is 6.54 Å². The molecule has 0 radical (unpaired) electrons. The van der Waals surface area contributed by atoms with Crippen LogP contribution in [-0.4, -0.2) is 23.3 Å². The number of hydrogen-bond acceptors (Lipinski definition) is 2. The molecule has 0 spiro atoms. The van der Waals surface area contributed by atoms with E-state index in [2.05, 4.69) is 6.58 Å². The number of carbonyl (C=O) groups excluding carboxylic acids is 2. The smallest absolute Gasteiger partial charge is 0.261 e. The van der Waals surface area contributed by atoms with E-state index in [-0.39, 0.29) is 18.4 Å². The Bertz CT molecular complexity index is 714. The molecule has 0 bridgehead atoms. The van der Waals surface area contributed by atoms with Crippen LogP contribution in [0.25, 0.3) is 10.8 Å². The van der Waals surface area contributed by atoms with Crippen molar-refractivity contribution < 1.29 is 9.59 Å². The Morgan fingerprint density at radius 3 is 2.47 bits per heavy atom. The maximum absolute atomic E-state index is 12.3. The van der Waals surface area contributed by atoms with E-state index in [0.29, 0.717) is 21.5 Å². The maximum atomic E-state index is 12.3. The molecule has 94 valence electrons. The fourth-order valence-corrected chi connectivity index (χ4v) is 2.63. The molecule has 1 heterocycles. The monoisotopic (exact) mass is 271 g/mol. The second-order valence-electron chi connectivity index (χ2n) is 4.33. The standard InChI is InChI=1S/C15H10ClNO2/c1-2-8-17-14(18)10-5-3-4-9-12(16)7-6-11(13(9)10)15(17)19/h2-7H,1,8H2. The minimum Gasteiger partial charge on any atom is -0.270 e. The summed E-state index contributed by atoms with van der Waals surface area (Å²) in [5.41, 5.74) is 1.02. The SMILES string of the molecule is C=CCN1C(=O)c2cccc3c(Cl)ccc(c23)C1=O. The van der Waals surface area contributed by atoms with Crippen LogP contribution in [0.5, 0.6) is 0 Å². The Kier molecular flexibility index (Phi) is 2.64. The minimum atomic E-state index is -0.301. The number of hydrogen-bond donors (Lipinski definition) is 0. The molecule has 1 aliphatic heterocycles. The summed E-state index contributed by atoms with van der Waals surface area (Å²) in [7, 11) is 0. The number of nitrogens with zero attached hydrogens (tertiary/aromatic N) is 1. The summed E-state index contributed by atoms with van der Waals surface area (Å²) >= 11 is 6.12. The lowest BCUT2D eigenvalue weighted by molar-refractivity contribution is 0.0629. The highest BCUT2D eigenvalue weighted by Gasteiger charge is 2.32. The van der Waals surface area contributed by atoms with Crippen LogP contribution >= 0.6 is 11.6 Å². The maximum Gasteiger partial charge on any atom is 0.261 e. The van der Waals surface area contributed by atoms with E-state index in [1.807, 2.05) is 6.07 Å². The molecule has 0 saturated heterocycles. The summed E-state index contributed by atoms with van der Waals surface area (Å²) in [4.78, 5) is 25.9. The van der Waals surface area contributed by atoms with Crippen LogP contribution in [0.4, 0.5) is 0 Å². The molecule has 0 unspecified atom stereocenters. The third-order valence-corrected chi connectivity index (χ3v) is 3.58. The van der Waals surface area contributed by atoms with E-state index in [9.17, 15) is 9.59 Å². The van der Waals surface area contributed by atoms with Crippen molar-refractivity contribution in [1.29, 1.82) is 0 Å². The zero-order chi connectivity index (χ0) is 13.6. The first-order valence-corrected chi connectivity index (χ1v) is 6.21. The molecular formula is C15H10ClNO2. The van der Waals surface area contributed by atoms with Gasteiger partial charge in [0, 0.05) is 33.5 Å². The lowest BCUT2D eigenvalue weighted by Gasteiger charge is -2.26. The van der Waals surface area contributed by atoms with Crippen molar-refractivity contribution in [2.45, 2.75) is 0 Å². The zero-order valence-corrected chi connectivity index (χ0v) is 10.8. The van der Waals surface area contributed by atoms with E-state index in [0.717, 1.165) is 5.39 Å². The summed E-state index contributed by atoms with van der Waals surface area (Å²) in [5, 5.41) is 1.92. The predicted octanol–water partition coefficient (Wildman–Crippen LogP) is 3.28. The van der Waals surface area contributed by atoms with Crippen LogP contribution in [0.2, 0.25) is 5.02 Å². The van der Waals surface area contributed by atoms with Crippen molar-refractivity contribution in [3.63, 3.8) is 0 Å². The van der Waals surface area contributed by atoms with Crippen molar-refractivity contribution in [3.8, 4) is 0 Å². The molecular weight excluding hydrogens is 262 g/mol. The van der Waals surface area contributed by atoms with E-state index < -0.39 is 0 Å². The van der Waals surface area contributed by atoms with Gasteiger partial charge in [0.05, 0.1) is 0 Å². The third-order valence-electron chi connectivity index (χ3n) is 3.25. The van der Waals surface area contributed by atoms with Crippen LogP contribution in [0.3, 0.4) is 0 Å². The first-order chi connectivity index (χ1) is 9.15. The Hall–Kier alpha value is -2.13. The molecule has 2 amide bonds. The molecule has 0 N–H and O–H groups in total. The van der Waals surface area contributed by atoms with Gasteiger partial charge in [0.1, 0.15) is 0 Å². The molecule has 1 aliphatic rings. The molecule has 2 aromatic carbocycles. The highest BCUT2D eigenvalue weighted by molar-refractivity contribution is 6.38. The Morgan fingerprint density at radius 2 is 1.79 bits per heavy atom. The summed E-state index contributed by atoms with van der Waals surface area (Å²) in [6.45, 7) is 3.78. The molecule has 0 fully saturated rings. The second-order valence-corrected chi connectivity index (χ2v) is 4.74. The van der Waals surface area contributed by atoms with E-state index in [1.165, 1.54) is 11.0 Å². The van der Waals surface area contributed by atoms with Gasteiger partial charge in [0.25, 0.3) is 11.8 Å². The number of halogens is 1. The first-order valence-electron chi connectivity index (χ1n) is 5.83. The number of imide groups is 1. The third kappa shape index (κ3) is 1.59. The van der Waals surface area contributed by atoms with Crippen LogP contribution in [0, 0.1) is 0 Å². The second kappa shape index (κ2) is 4.21. The molecule has 4 heteroatoms. The summed E-state index contributed by atoms with van der Waals surface area (Å²) in [6.07, 6.45) is 1.54. The van der Waals surface area contributed by atoms with E-state index in [1.54, 1.807) is 24.3 Å². The summed E-state index contributed by atoms with van der Waals surface area (Å²) in [6, 6.07) is 8.65. The number of rotatable bonds is 2. The average molecular weight is 272 g/mol. The van der Waals surface area contributed by atoms with Crippen LogP contribution < -0.4 is 0 Å². The molecule has 0 atom stereocenters. The zero-order valence-electron chi connectivity index (χ0n) is 10.0. The Morgan fingerprint density at radius 1 is 1.11 bits per heavy atom. The fraction of sp³-hybridized carbons (Fsp3) is 0.0667. The highest BCUT2D eigenvalue weighted by Crippen LogP contribution is 2.33. The number of amides is 2. The summed E-state index contributed by atoms with van der Waals surface area (Å²) in [5.74, 6) is -0.601. The average Bonchev–Trinajstić information content (AvgIpc) is 2.42. The van der Waals surface area contributed by atoms with Crippen molar-refractivity contribution >= 4 is 34.2 Å². The van der Waals surface area contributed by atoms with Gasteiger partial charge in [-0.2, -0.15) is 0 Å². The van der Waals surface area contributed by atoms with Crippen LogP contribution in [-0.2, 0) is 0 Å². The minimum absolute atomic E-state index is 0.204. The molecule has 0 aromatic heterocycles. The van der Waals surface area contributed by atoms with Gasteiger partial charge in [-0.15, -0.1) is 6.58 Å². The highest BCUT2D eigenvalue weighted by atomic mass is 35.5. The molecule has 3 nitrogen and oxygen atoms in total. The Balaban J connectivity index is 2.38. The van der Waals surface area contributed by atoms with Gasteiger partial charge in [0.15, 0.2) is 0 Å². The molecule has 0 saturated carbocycles. The normalized spacial score (nSPS) is 14.1. The van der Waals surface area contributed by atoms with Gasteiger partial charge in [0.2, 0.25) is 0 Å². The number of benzene rings is 2. The number of carbonyl (C=O) groups is 2. The molecule has 0 aliphatic carbocycles. The lowest BCUT2D eigenvalue weighted by Crippen LogP contribution is -2.40. The van der Waals surface area contributed by atoms with Gasteiger partial charge in [-0.05, 0) is 18.2 Å². The predicted molar refractivity (Wildman–Crippen MR) is 74.5 cm³/mol. The quantitative estimate of drug-likeness (QED) is 0.621. The van der Waals surface area contributed by atoms with Gasteiger partial charge in [-0.1, -0.05) is 29.8 Å². The largest absolute Gasteiger partial charge is 0.270 e. The van der Waals surface area contributed by atoms with E-state index in [4.69, 9.17) is 11.6 Å². The van der Waals surface area contributed by atoms with Crippen molar-refractivity contribution in [1.82, 2.24) is 4.90 Å². The van der Waals surface area contributed by atoms with E-state index >= 15 is 0 Å². The fourth-order valence-electron chi connectivity index (χ4n) is 2.41. The lowest BCUT2D eigenvalue weighted by atomic mass is 9.94. The Labute approximate surface area is 115 Å². The van der Waals surface area contributed by atoms with Crippen molar-refractivity contribution in [2.24, 2.45) is 0 Å². The van der Waals surface area contributed by atoms with Gasteiger partial charge < -0.3 is 0 Å². The topological polar surface area (TPSA) is 37.4 Å². The van der Waals surface area contributed by atoms with Crippen LogP contribution in [0.1, 0.15) is 20.7 Å². The van der Waals surface area contributed by atoms with Gasteiger partial charge >= 0.3 is 0 Å².